The minimum Gasteiger partial charge on any atom is -0.460 e. The molecule has 2 N–H and O–H groups in total. The normalized spacial score (nSPS) is 11.1. The first-order chi connectivity index (χ1) is 8.27. The van der Waals surface area contributed by atoms with Gasteiger partial charge >= 0.3 is 5.97 Å². The van der Waals surface area contributed by atoms with E-state index in [0.717, 1.165) is 5.56 Å². The van der Waals surface area contributed by atoms with Crippen molar-refractivity contribution in [2.45, 2.75) is 13.5 Å². The highest BCUT2D eigenvalue weighted by Crippen LogP contribution is 1.96. The number of rotatable bonds is 4. The van der Waals surface area contributed by atoms with Crippen molar-refractivity contribution in [1.29, 1.82) is 0 Å². The number of carbonyl (C=O) groups is 1. The van der Waals surface area contributed by atoms with Gasteiger partial charge in [0.2, 0.25) is 5.84 Å². The van der Waals surface area contributed by atoms with Crippen molar-refractivity contribution in [3.63, 3.8) is 0 Å². The molecule has 92 valence electrons. The van der Waals surface area contributed by atoms with Gasteiger partial charge in [0.15, 0.2) is 0 Å². The molecule has 0 bridgehead atoms. The number of carbonyl (C=O) groups excluding carboxylic acids is 1. The van der Waals surface area contributed by atoms with E-state index in [-0.39, 0.29) is 5.84 Å². The third-order valence-electron chi connectivity index (χ3n) is 2.03. The summed E-state index contributed by atoms with van der Waals surface area (Å²) in [5.41, 5.74) is 6.75. The van der Waals surface area contributed by atoms with E-state index in [0.29, 0.717) is 13.2 Å². The zero-order valence-corrected chi connectivity index (χ0v) is 10.1. The zero-order valence-electron chi connectivity index (χ0n) is 10.1. The minimum absolute atomic E-state index is 0.169. The van der Waals surface area contributed by atoms with Crippen LogP contribution in [0.3, 0.4) is 0 Å². The van der Waals surface area contributed by atoms with Gasteiger partial charge in [-0.1, -0.05) is 30.3 Å². The number of hydrogen-bond acceptors (Lipinski definition) is 4. The predicted molar refractivity (Wildman–Crippen MR) is 66.4 cm³/mol. The lowest BCUT2D eigenvalue weighted by Gasteiger charge is -2.09. The van der Waals surface area contributed by atoms with Gasteiger partial charge in [-0.2, -0.15) is 0 Å². The molecule has 0 unspecified atom stereocenters. The molecule has 0 saturated heterocycles. The number of hydrazine groups is 1. The fourth-order valence-electron chi connectivity index (χ4n) is 1.22. The Bertz CT molecular complexity index is 377. The Hall–Kier alpha value is -1.88. The molecule has 0 saturated carbocycles. The van der Waals surface area contributed by atoms with Crippen molar-refractivity contribution in [2.24, 2.45) is 4.99 Å². The molecule has 0 amide bonds. The zero-order chi connectivity index (χ0) is 12.5. The minimum atomic E-state index is -0.462. The average molecular weight is 235 g/mol. The van der Waals surface area contributed by atoms with Crippen molar-refractivity contribution >= 4 is 11.8 Å². The van der Waals surface area contributed by atoms with Crippen molar-refractivity contribution in [3.8, 4) is 0 Å². The number of nitrogens with zero attached hydrogens (tertiary/aromatic N) is 1. The molecule has 0 aliphatic rings. The van der Waals surface area contributed by atoms with Crippen LogP contribution in [0.1, 0.15) is 12.5 Å². The highest BCUT2D eigenvalue weighted by molar-refractivity contribution is 6.35. The SMILES string of the molecule is CCOC(=O)C(=NC)NNCc1ccccc1. The molecule has 5 nitrogen and oxygen atoms in total. The monoisotopic (exact) mass is 235 g/mol. The maximum Gasteiger partial charge on any atom is 0.374 e. The van der Waals surface area contributed by atoms with Crippen LogP contribution in [0, 0.1) is 0 Å². The summed E-state index contributed by atoms with van der Waals surface area (Å²) in [6, 6.07) is 9.84. The first-order valence-corrected chi connectivity index (χ1v) is 5.44. The summed E-state index contributed by atoms with van der Waals surface area (Å²) in [6.45, 7) is 2.68. The summed E-state index contributed by atoms with van der Waals surface area (Å²) in [4.78, 5) is 15.2. The second kappa shape index (κ2) is 7.40. The van der Waals surface area contributed by atoms with Gasteiger partial charge in [0.1, 0.15) is 0 Å². The fourth-order valence-corrected chi connectivity index (χ4v) is 1.22. The van der Waals surface area contributed by atoms with Crippen molar-refractivity contribution < 1.29 is 9.53 Å². The van der Waals surface area contributed by atoms with E-state index in [4.69, 9.17) is 4.74 Å². The molecule has 5 heteroatoms. The van der Waals surface area contributed by atoms with E-state index in [2.05, 4.69) is 15.8 Å². The molecule has 0 aliphatic carbocycles. The first-order valence-electron chi connectivity index (χ1n) is 5.44. The molecule has 0 radical (unpaired) electrons. The van der Waals surface area contributed by atoms with Gasteiger partial charge in [-0.15, -0.1) is 0 Å². The number of aliphatic imine (C=N–C) groups is 1. The van der Waals surface area contributed by atoms with Crippen LogP contribution < -0.4 is 10.9 Å². The van der Waals surface area contributed by atoms with E-state index in [1.165, 1.54) is 7.05 Å². The number of nitrogens with one attached hydrogen (secondary N) is 2. The molecule has 1 aromatic rings. The van der Waals surface area contributed by atoms with Crippen LogP contribution in [0.15, 0.2) is 35.3 Å². The smallest absolute Gasteiger partial charge is 0.374 e. The lowest BCUT2D eigenvalue weighted by Crippen LogP contribution is -2.42. The van der Waals surface area contributed by atoms with Crippen LogP contribution in [-0.4, -0.2) is 25.5 Å². The highest BCUT2D eigenvalue weighted by Gasteiger charge is 2.10. The van der Waals surface area contributed by atoms with E-state index >= 15 is 0 Å². The molecule has 0 atom stereocenters. The third kappa shape index (κ3) is 4.65. The van der Waals surface area contributed by atoms with Crippen LogP contribution in [0.4, 0.5) is 0 Å². The molecule has 0 aromatic heterocycles. The van der Waals surface area contributed by atoms with Gasteiger partial charge in [-0.25, -0.2) is 10.2 Å². The van der Waals surface area contributed by atoms with Gasteiger partial charge < -0.3 is 4.74 Å². The Morgan fingerprint density at radius 2 is 2.06 bits per heavy atom. The number of esters is 1. The summed E-state index contributed by atoms with van der Waals surface area (Å²) in [6.07, 6.45) is 0. The van der Waals surface area contributed by atoms with Crippen LogP contribution in [0.2, 0.25) is 0 Å². The second-order valence-electron chi connectivity index (χ2n) is 3.26. The summed E-state index contributed by atoms with van der Waals surface area (Å²) < 4.78 is 4.83. The van der Waals surface area contributed by atoms with E-state index in [9.17, 15) is 4.79 Å². The van der Waals surface area contributed by atoms with Gasteiger partial charge in [0.05, 0.1) is 6.61 Å². The van der Waals surface area contributed by atoms with Crippen molar-refractivity contribution in [2.75, 3.05) is 13.7 Å². The maximum absolute atomic E-state index is 11.4. The van der Waals surface area contributed by atoms with Crippen molar-refractivity contribution in [1.82, 2.24) is 10.9 Å². The predicted octanol–water partition coefficient (Wildman–Crippen LogP) is 0.872. The van der Waals surface area contributed by atoms with Crippen LogP contribution in [0.5, 0.6) is 0 Å². The molecule has 0 spiro atoms. The Kier molecular flexibility index (Phi) is 5.74. The Balaban J connectivity index is 2.37. The fraction of sp³-hybridized carbons (Fsp3) is 0.333. The molecule has 1 aromatic carbocycles. The number of hydrogen-bond donors (Lipinski definition) is 2. The summed E-state index contributed by atoms with van der Waals surface area (Å²) in [5, 5.41) is 0. The van der Waals surface area contributed by atoms with Crippen LogP contribution in [0.25, 0.3) is 0 Å². The van der Waals surface area contributed by atoms with E-state index in [1.54, 1.807) is 6.92 Å². The maximum atomic E-state index is 11.4. The summed E-state index contributed by atoms with van der Waals surface area (Å²) in [5.74, 6) is -0.293. The second-order valence-corrected chi connectivity index (χ2v) is 3.26. The number of benzene rings is 1. The molecule has 17 heavy (non-hydrogen) atoms. The topological polar surface area (TPSA) is 62.7 Å². The highest BCUT2D eigenvalue weighted by atomic mass is 16.5. The van der Waals surface area contributed by atoms with Crippen LogP contribution >= 0.6 is 0 Å². The molecule has 0 fully saturated rings. The molecular formula is C12H17N3O2. The molecule has 0 aliphatic heterocycles. The summed E-state index contributed by atoms with van der Waals surface area (Å²) in [7, 11) is 1.53. The Morgan fingerprint density at radius 1 is 1.35 bits per heavy atom. The third-order valence-corrected chi connectivity index (χ3v) is 2.03. The number of amidine groups is 1. The lowest BCUT2D eigenvalue weighted by molar-refractivity contribution is -0.135. The van der Waals surface area contributed by atoms with Gasteiger partial charge in [-0.3, -0.25) is 10.4 Å². The Labute approximate surface area is 101 Å². The molecular weight excluding hydrogens is 218 g/mol. The van der Waals surface area contributed by atoms with Gasteiger partial charge in [0, 0.05) is 13.6 Å². The quantitative estimate of drug-likeness (QED) is 0.352. The molecule has 0 heterocycles. The Morgan fingerprint density at radius 3 is 2.65 bits per heavy atom. The first kappa shape index (κ1) is 13.2. The van der Waals surface area contributed by atoms with Crippen molar-refractivity contribution in [3.05, 3.63) is 35.9 Å². The largest absolute Gasteiger partial charge is 0.460 e. The molecule has 1 rings (SSSR count). The van der Waals surface area contributed by atoms with Crippen LogP contribution in [-0.2, 0) is 16.1 Å². The number of ether oxygens (including phenoxy) is 1. The lowest BCUT2D eigenvalue weighted by atomic mass is 10.2. The van der Waals surface area contributed by atoms with E-state index < -0.39 is 5.97 Å². The average Bonchev–Trinajstić information content (AvgIpc) is 2.36. The van der Waals surface area contributed by atoms with Gasteiger partial charge in [0.25, 0.3) is 0 Å². The summed E-state index contributed by atoms with van der Waals surface area (Å²) >= 11 is 0. The van der Waals surface area contributed by atoms with E-state index in [1.807, 2.05) is 30.3 Å². The standard InChI is InChI=1S/C12H17N3O2/c1-3-17-12(16)11(13-2)15-14-9-10-7-5-4-6-8-10/h4-8,14H,3,9H2,1-2H3,(H,13,15). The van der Waals surface area contributed by atoms with Gasteiger partial charge in [-0.05, 0) is 12.5 Å².